The molecule has 146 valence electrons. The van der Waals surface area contributed by atoms with Crippen LogP contribution in [-0.2, 0) is 16.2 Å². The molecule has 0 spiro atoms. The largest absolute Gasteiger partial charge is 0.469 e. The molecule has 0 aliphatic carbocycles. The summed E-state index contributed by atoms with van der Waals surface area (Å²) in [6, 6.07) is 13.6. The number of rotatable bonds is 5. The average Bonchev–Trinajstić information content (AvgIpc) is 3.37. The van der Waals surface area contributed by atoms with Crippen LogP contribution in [-0.4, -0.2) is 45.4 Å². The van der Waals surface area contributed by atoms with E-state index in [0.29, 0.717) is 23.0 Å². The molecule has 1 aliphatic heterocycles. The number of esters is 1. The van der Waals surface area contributed by atoms with Gasteiger partial charge in [-0.3, -0.25) is 14.3 Å². The fourth-order valence-corrected chi connectivity index (χ4v) is 3.83. The molecule has 0 amide bonds. The highest BCUT2D eigenvalue weighted by Crippen LogP contribution is 2.24. The van der Waals surface area contributed by atoms with E-state index >= 15 is 0 Å². The minimum Gasteiger partial charge on any atom is -0.469 e. The van der Waals surface area contributed by atoms with E-state index in [1.807, 2.05) is 51.7 Å². The third-order valence-electron chi connectivity index (χ3n) is 5.05. The Bertz CT molecular complexity index is 986. The Labute approximate surface area is 168 Å². The van der Waals surface area contributed by atoms with Gasteiger partial charge in [0.25, 0.3) is 0 Å². The minimum atomic E-state index is -0.121. The molecule has 1 aromatic carbocycles. The number of benzene rings is 1. The quantitative estimate of drug-likeness (QED) is 0.484. The topological polar surface area (TPSA) is 65.4 Å². The van der Waals surface area contributed by atoms with Gasteiger partial charge in [0.1, 0.15) is 0 Å². The first-order valence-corrected chi connectivity index (χ1v) is 9.67. The Balaban J connectivity index is 1.61. The number of piperidine rings is 1. The lowest BCUT2D eigenvalue weighted by atomic mass is 9.97. The third-order valence-corrected chi connectivity index (χ3v) is 5.44. The highest BCUT2D eigenvalue weighted by atomic mass is 32.1. The van der Waals surface area contributed by atoms with Crippen molar-refractivity contribution in [2.75, 3.05) is 20.2 Å². The van der Waals surface area contributed by atoms with Gasteiger partial charge in [0.2, 0.25) is 10.6 Å². The van der Waals surface area contributed by atoms with Crippen molar-refractivity contribution in [1.29, 1.82) is 0 Å². The Hall–Kier alpha value is -2.71. The molecule has 1 fully saturated rings. The number of para-hydroxylation sites is 1. The van der Waals surface area contributed by atoms with Crippen LogP contribution >= 0.6 is 12.2 Å². The Morgan fingerprint density at radius 3 is 2.61 bits per heavy atom. The summed E-state index contributed by atoms with van der Waals surface area (Å²) >= 11 is 5.74. The fraction of sp³-hybridized carbons (Fsp3) is 0.350. The van der Waals surface area contributed by atoms with E-state index in [1.165, 1.54) is 7.11 Å². The summed E-state index contributed by atoms with van der Waals surface area (Å²) < 4.78 is 14.8. The van der Waals surface area contributed by atoms with Crippen LogP contribution in [0.4, 0.5) is 0 Å². The monoisotopic (exact) mass is 398 g/mol. The predicted molar refractivity (Wildman–Crippen MR) is 106 cm³/mol. The molecule has 3 aromatic rings. The lowest BCUT2D eigenvalue weighted by Gasteiger charge is -2.30. The van der Waals surface area contributed by atoms with Gasteiger partial charge in [-0.25, -0.2) is 4.68 Å². The lowest BCUT2D eigenvalue weighted by molar-refractivity contribution is -0.147. The molecule has 0 radical (unpaired) electrons. The molecule has 7 nitrogen and oxygen atoms in total. The van der Waals surface area contributed by atoms with Gasteiger partial charge >= 0.3 is 5.97 Å². The Morgan fingerprint density at radius 2 is 1.96 bits per heavy atom. The van der Waals surface area contributed by atoms with Crippen molar-refractivity contribution in [3.8, 4) is 17.3 Å². The van der Waals surface area contributed by atoms with E-state index in [1.54, 1.807) is 6.26 Å². The van der Waals surface area contributed by atoms with Crippen LogP contribution < -0.4 is 0 Å². The fourth-order valence-electron chi connectivity index (χ4n) is 3.54. The van der Waals surface area contributed by atoms with E-state index in [2.05, 4.69) is 4.90 Å². The highest BCUT2D eigenvalue weighted by Gasteiger charge is 2.26. The number of nitrogens with zero attached hydrogens (tertiary/aromatic N) is 4. The Kier molecular flexibility index (Phi) is 5.40. The molecule has 0 saturated carbocycles. The van der Waals surface area contributed by atoms with Crippen molar-refractivity contribution in [2.45, 2.75) is 19.5 Å². The van der Waals surface area contributed by atoms with Gasteiger partial charge in [-0.2, -0.15) is 0 Å². The van der Waals surface area contributed by atoms with Crippen molar-refractivity contribution >= 4 is 18.2 Å². The van der Waals surface area contributed by atoms with E-state index in [0.717, 1.165) is 31.6 Å². The van der Waals surface area contributed by atoms with Crippen LogP contribution in [0.3, 0.4) is 0 Å². The molecule has 1 saturated heterocycles. The van der Waals surface area contributed by atoms with Crippen molar-refractivity contribution < 1.29 is 13.9 Å². The molecule has 1 aliphatic rings. The first-order chi connectivity index (χ1) is 13.7. The van der Waals surface area contributed by atoms with Gasteiger partial charge in [0.15, 0.2) is 5.76 Å². The van der Waals surface area contributed by atoms with Gasteiger partial charge in [0, 0.05) is 13.1 Å². The molecule has 0 bridgehead atoms. The number of carbonyl (C=O) groups excluding carboxylic acids is 1. The zero-order valence-corrected chi connectivity index (χ0v) is 16.5. The molecule has 2 aromatic heterocycles. The summed E-state index contributed by atoms with van der Waals surface area (Å²) in [5.41, 5.74) is 0.939. The van der Waals surface area contributed by atoms with Crippen molar-refractivity contribution in [2.24, 2.45) is 5.92 Å². The smallest absolute Gasteiger partial charge is 0.308 e. The van der Waals surface area contributed by atoms with Crippen LogP contribution in [0.5, 0.6) is 0 Å². The summed E-state index contributed by atoms with van der Waals surface area (Å²) in [5, 5.41) is 4.74. The normalized spacial score (nSPS) is 15.6. The van der Waals surface area contributed by atoms with Crippen LogP contribution in [0.15, 0.2) is 53.1 Å². The lowest BCUT2D eigenvalue weighted by Crippen LogP contribution is -2.38. The van der Waals surface area contributed by atoms with Gasteiger partial charge < -0.3 is 9.15 Å². The average molecular weight is 398 g/mol. The van der Waals surface area contributed by atoms with Crippen LogP contribution in [0.2, 0.25) is 0 Å². The number of aromatic nitrogens is 3. The summed E-state index contributed by atoms with van der Waals surface area (Å²) in [4.78, 5) is 14.0. The van der Waals surface area contributed by atoms with Crippen LogP contribution in [0.25, 0.3) is 17.3 Å². The molecule has 3 heterocycles. The number of hydrogen-bond donors (Lipinski definition) is 0. The standard InChI is InChI=1S/C20H22N4O3S/c1-26-19(25)15-9-11-22(12-10-15)14-23-20(28)24(16-6-3-2-4-7-16)18(21-23)17-8-5-13-27-17/h2-8,13,15H,9-12,14H2,1H3. The zero-order chi connectivity index (χ0) is 19.5. The van der Waals surface area contributed by atoms with Gasteiger partial charge in [-0.05, 0) is 49.3 Å². The number of furan rings is 1. The molecular weight excluding hydrogens is 376 g/mol. The summed E-state index contributed by atoms with van der Waals surface area (Å²) in [6.07, 6.45) is 3.19. The first-order valence-electron chi connectivity index (χ1n) is 9.26. The third kappa shape index (κ3) is 3.65. The summed E-state index contributed by atoms with van der Waals surface area (Å²) in [7, 11) is 1.44. The molecule has 0 N–H and O–H groups in total. The van der Waals surface area contributed by atoms with Crippen molar-refractivity contribution in [3.05, 3.63) is 53.5 Å². The second kappa shape index (κ2) is 8.12. The maximum absolute atomic E-state index is 11.7. The van der Waals surface area contributed by atoms with Gasteiger partial charge in [-0.1, -0.05) is 18.2 Å². The first kappa shape index (κ1) is 18.6. The van der Waals surface area contributed by atoms with Crippen LogP contribution in [0, 0.1) is 10.7 Å². The zero-order valence-electron chi connectivity index (χ0n) is 15.7. The maximum atomic E-state index is 11.7. The SMILES string of the molecule is COC(=O)C1CCN(Cn2nc(-c3ccco3)n(-c3ccccc3)c2=S)CC1. The molecule has 4 rings (SSSR count). The second-order valence-corrected chi connectivity index (χ2v) is 7.18. The minimum absolute atomic E-state index is 0.0187. The Morgan fingerprint density at radius 1 is 1.21 bits per heavy atom. The maximum Gasteiger partial charge on any atom is 0.308 e. The number of likely N-dealkylation sites (tertiary alicyclic amines) is 1. The molecule has 8 heteroatoms. The highest BCUT2D eigenvalue weighted by molar-refractivity contribution is 7.71. The number of hydrogen-bond acceptors (Lipinski definition) is 6. The van der Waals surface area contributed by atoms with E-state index in [9.17, 15) is 4.79 Å². The van der Waals surface area contributed by atoms with E-state index < -0.39 is 0 Å². The number of ether oxygens (including phenoxy) is 1. The van der Waals surface area contributed by atoms with Gasteiger partial charge in [0.05, 0.1) is 31.6 Å². The number of methoxy groups -OCH3 is 1. The van der Waals surface area contributed by atoms with Crippen LogP contribution in [0.1, 0.15) is 12.8 Å². The van der Waals surface area contributed by atoms with Crippen molar-refractivity contribution in [1.82, 2.24) is 19.2 Å². The second-order valence-electron chi connectivity index (χ2n) is 6.81. The predicted octanol–water partition coefficient (Wildman–Crippen LogP) is 3.51. The van der Waals surface area contributed by atoms with E-state index in [-0.39, 0.29) is 11.9 Å². The molecule has 28 heavy (non-hydrogen) atoms. The molecule has 0 atom stereocenters. The van der Waals surface area contributed by atoms with Gasteiger partial charge in [-0.15, -0.1) is 5.10 Å². The molecular formula is C20H22N4O3S. The number of carbonyl (C=O) groups is 1. The van der Waals surface area contributed by atoms with E-state index in [4.69, 9.17) is 26.5 Å². The summed E-state index contributed by atoms with van der Waals surface area (Å²) in [5.74, 6) is 1.20. The van der Waals surface area contributed by atoms with Crippen molar-refractivity contribution in [3.63, 3.8) is 0 Å². The summed E-state index contributed by atoms with van der Waals surface area (Å²) in [6.45, 7) is 2.17. The molecule has 0 unspecified atom stereocenters.